The van der Waals surface area contributed by atoms with Gasteiger partial charge >= 0.3 is 6.03 Å². The van der Waals surface area contributed by atoms with Gasteiger partial charge in [0.2, 0.25) is 0 Å². The molecule has 132 valence electrons. The van der Waals surface area contributed by atoms with Gasteiger partial charge in [-0.3, -0.25) is 4.79 Å². The predicted molar refractivity (Wildman–Crippen MR) is 110 cm³/mol. The van der Waals surface area contributed by atoms with Crippen LogP contribution in [0.4, 0.5) is 16.2 Å². The van der Waals surface area contributed by atoms with E-state index < -0.39 is 6.03 Å². The molecule has 0 unspecified atom stereocenters. The largest absolute Gasteiger partial charge is 0.351 e. The van der Waals surface area contributed by atoms with E-state index >= 15 is 0 Å². The van der Waals surface area contributed by atoms with E-state index in [2.05, 4.69) is 63.7 Å². The van der Waals surface area contributed by atoms with Crippen molar-refractivity contribution >= 4 is 71.1 Å². The van der Waals surface area contributed by atoms with Crippen molar-refractivity contribution in [3.8, 4) is 0 Å². The third kappa shape index (κ3) is 6.10. The van der Waals surface area contributed by atoms with Crippen LogP contribution in [-0.2, 0) is 0 Å². The second-order valence-corrected chi connectivity index (χ2v) is 7.72. The molecule has 0 aliphatic rings. The zero-order valence-electron chi connectivity index (χ0n) is 12.9. The molecule has 0 atom stereocenters. The number of rotatable bonds is 5. The van der Waals surface area contributed by atoms with E-state index in [0.717, 1.165) is 13.4 Å². The third-order valence-corrected chi connectivity index (χ3v) is 4.43. The van der Waals surface area contributed by atoms with Crippen LogP contribution >= 0.6 is 47.8 Å². The molecular formula is C16H15Br3N4O2. The molecule has 0 radical (unpaired) electrons. The minimum Gasteiger partial charge on any atom is -0.351 e. The Bertz CT molecular complexity index is 779. The van der Waals surface area contributed by atoms with Crippen LogP contribution < -0.4 is 21.7 Å². The lowest BCUT2D eigenvalue weighted by molar-refractivity contribution is 0.0955. The van der Waals surface area contributed by atoms with Gasteiger partial charge in [-0.2, -0.15) is 0 Å². The number of hydrogen-bond acceptors (Lipinski definition) is 3. The molecule has 0 aliphatic heterocycles. The van der Waals surface area contributed by atoms with Crippen LogP contribution in [0.15, 0.2) is 49.8 Å². The Labute approximate surface area is 170 Å². The van der Waals surface area contributed by atoms with Crippen molar-refractivity contribution in [3.05, 3.63) is 55.4 Å². The summed E-state index contributed by atoms with van der Waals surface area (Å²) in [5, 5.41) is 8.10. The number of hydrogen-bond donors (Lipinski definition) is 4. The summed E-state index contributed by atoms with van der Waals surface area (Å²) in [6.07, 6.45) is 0. The minimum atomic E-state index is -0.462. The van der Waals surface area contributed by atoms with Gasteiger partial charge in [-0.05, 0) is 36.4 Å². The second kappa shape index (κ2) is 9.33. The Hall–Kier alpha value is -1.42. The third-order valence-electron chi connectivity index (χ3n) is 3.02. The minimum absolute atomic E-state index is 0.307. The van der Waals surface area contributed by atoms with Crippen molar-refractivity contribution in [2.45, 2.75) is 0 Å². The first-order chi connectivity index (χ1) is 11.9. The molecule has 0 saturated carbocycles. The maximum Gasteiger partial charge on any atom is 0.323 e. The predicted octanol–water partition coefficient (Wildman–Crippen LogP) is 4.31. The van der Waals surface area contributed by atoms with Crippen LogP contribution in [0.3, 0.4) is 0 Å². The fraction of sp³-hybridized carbons (Fsp3) is 0.125. The number of carbonyl (C=O) groups excluding carboxylic acids is 2. The number of nitrogens with two attached hydrogens (primary N) is 1. The van der Waals surface area contributed by atoms with Crippen LogP contribution in [0, 0.1) is 0 Å². The highest BCUT2D eigenvalue weighted by Gasteiger charge is 2.14. The summed E-state index contributed by atoms with van der Waals surface area (Å²) in [6, 6.07) is 9.94. The summed E-state index contributed by atoms with van der Waals surface area (Å²) >= 11 is 10.1. The molecule has 0 saturated heterocycles. The first-order valence-corrected chi connectivity index (χ1v) is 9.59. The van der Waals surface area contributed by atoms with Crippen LogP contribution in [0.5, 0.6) is 0 Å². The lowest BCUT2D eigenvalue weighted by Gasteiger charge is -2.13. The molecule has 0 aliphatic carbocycles. The van der Waals surface area contributed by atoms with E-state index in [9.17, 15) is 9.59 Å². The maximum atomic E-state index is 12.3. The zero-order valence-corrected chi connectivity index (χ0v) is 17.7. The normalized spacial score (nSPS) is 10.2. The topological polar surface area (TPSA) is 96.2 Å². The van der Waals surface area contributed by atoms with Gasteiger partial charge in [-0.25, -0.2) is 4.79 Å². The van der Waals surface area contributed by atoms with Gasteiger partial charge in [0.05, 0.1) is 11.3 Å². The van der Waals surface area contributed by atoms with E-state index in [0.29, 0.717) is 30.0 Å². The molecule has 3 amide bonds. The molecule has 2 rings (SSSR count). The Morgan fingerprint density at radius 3 is 2.24 bits per heavy atom. The average Bonchev–Trinajstić information content (AvgIpc) is 2.51. The van der Waals surface area contributed by atoms with Crippen LogP contribution in [0.1, 0.15) is 10.4 Å². The summed E-state index contributed by atoms with van der Waals surface area (Å²) in [4.78, 5) is 24.5. The summed E-state index contributed by atoms with van der Waals surface area (Å²) in [7, 11) is 0. The van der Waals surface area contributed by atoms with E-state index in [1.807, 2.05) is 6.07 Å². The van der Waals surface area contributed by atoms with Gasteiger partial charge < -0.3 is 21.7 Å². The number of carbonyl (C=O) groups is 2. The van der Waals surface area contributed by atoms with Crippen LogP contribution in [0.2, 0.25) is 0 Å². The molecule has 0 fully saturated rings. The van der Waals surface area contributed by atoms with Gasteiger partial charge in [0.1, 0.15) is 0 Å². The molecule has 0 bridgehead atoms. The van der Waals surface area contributed by atoms with Crippen molar-refractivity contribution in [2.24, 2.45) is 5.73 Å². The van der Waals surface area contributed by atoms with Gasteiger partial charge in [-0.1, -0.05) is 47.8 Å². The molecule has 5 N–H and O–H groups in total. The number of anilines is 2. The number of halogens is 3. The summed E-state index contributed by atoms with van der Waals surface area (Å²) < 4.78 is 2.38. The highest BCUT2D eigenvalue weighted by molar-refractivity contribution is 9.11. The van der Waals surface area contributed by atoms with Gasteiger partial charge in [0.25, 0.3) is 5.91 Å². The van der Waals surface area contributed by atoms with Gasteiger partial charge in [-0.15, -0.1) is 0 Å². The molecular weight excluding hydrogens is 520 g/mol. The Kier molecular flexibility index (Phi) is 7.42. The molecule has 0 heterocycles. The molecule has 2 aromatic rings. The molecule has 25 heavy (non-hydrogen) atoms. The first kappa shape index (κ1) is 19.9. The van der Waals surface area contributed by atoms with Crippen molar-refractivity contribution in [3.63, 3.8) is 0 Å². The average molecular weight is 535 g/mol. The van der Waals surface area contributed by atoms with Crippen molar-refractivity contribution in [2.75, 3.05) is 23.7 Å². The van der Waals surface area contributed by atoms with Crippen LogP contribution in [0.25, 0.3) is 0 Å². The molecule has 0 spiro atoms. The smallest absolute Gasteiger partial charge is 0.323 e. The Balaban J connectivity index is 2.16. The highest BCUT2D eigenvalue weighted by atomic mass is 79.9. The Morgan fingerprint density at radius 1 is 0.920 bits per heavy atom. The first-order valence-electron chi connectivity index (χ1n) is 7.21. The van der Waals surface area contributed by atoms with Crippen LogP contribution in [-0.4, -0.2) is 25.0 Å². The monoisotopic (exact) mass is 532 g/mol. The maximum absolute atomic E-state index is 12.3. The van der Waals surface area contributed by atoms with E-state index in [1.165, 1.54) is 0 Å². The number of benzene rings is 2. The number of amides is 3. The lowest BCUT2D eigenvalue weighted by Crippen LogP contribution is -2.30. The standard InChI is InChI=1S/C16H15Br3N4O2/c17-9-1-2-13(15(24)21-4-3-20)14(8-9)23-16(25)22-12-6-10(18)5-11(19)7-12/h1-2,5-8H,3-4,20H2,(H,21,24)(H2,22,23,25). The van der Waals surface area contributed by atoms with Crippen molar-refractivity contribution < 1.29 is 9.59 Å². The summed E-state index contributed by atoms with van der Waals surface area (Å²) in [5.74, 6) is -0.307. The van der Waals surface area contributed by atoms with E-state index in [-0.39, 0.29) is 5.91 Å². The molecule has 6 nitrogen and oxygen atoms in total. The second-order valence-electron chi connectivity index (χ2n) is 4.97. The van der Waals surface area contributed by atoms with Crippen molar-refractivity contribution in [1.82, 2.24) is 5.32 Å². The fourth-order valence-electron chi connectivity index (χ4n) is 2.01. The highest BCUT2D eigenvalue weighted by Crippen LogP contribution is 2.25. The van der Waals surface area contributed by atoms with Crippen molar-refractivity contribution in [1.29, 1.82) is 0 Å². The zero-order chi connectivity index (χ0) is 18.4. The summed E-state index contributed by atoms with van der Waals surface area (Å²) in [5.41, 5.74) is 6.73. The molecule has 0 aromatic heterocycles. The lowest BCUT2D eigenvalue weighted by atomic mass is 10.1. The van der Waals surface area contributed by atoms with E-state index in [4.69, 9.17) is 5.73 Å². The number of nitrogens with one attached hydrogen (secondary N) is 3. The molecule has 9 heteroatoms. The fourth-order valence-corrected chi connectivity index (χ4v) is 3.66. The molecule has 2 aromatic carbocycles. The van der Waals surface area contributed by atoms with E-state index in [1.54, 1.807) is 30.3 Å². The summed E-state index contributed by atoms with van der Waals surface area (Å²) in [6.45, 7) is 0.690. The Morgan fingerprint density at radius 2 is 1.60 bits per heavy atom. The van der Waals surface area contributed by atoms with Gasteiger partial charge in [0, 0.05) is 32.2 Å². The quantitative estimate of drug-likeness (QED) is 0.460. The number of urea groups is 1. The van der Waals surface area contributed by atoms with Gasteiger partial charge in [0.15, 0.2) is 0 Å². The SMILES string of the molecule is NCCNC(=O)c1ccc(Br)cc1NC(=O)Nc1cc(Br)cc(Br)c1.